The lowest BCUT2D eigenvalue weighted by molar-refractivity contribution is 0.297. The molecule has 88 valence electrons. The molecular weight excluding hydrogens is 200 g/mol. The molecule has 0 amide bonds. The lowest BCUT2D eigenvalue weighted by atomic mass is 9.90. The smallest absolute Gasteiger partial charge is 0.0947 e. The molecule has 3 nitrogen and oxygen atoms in total. The fraction of sp³-hybridized carbons (Fsp3) is 0.615. The van der Waals surface area contributed by atoms with E-state index in [9.17, 15) is 0 Å². The molecule has 0 aromatic carbocycles. The van der Waals surface area contributed by atoms with Gasteiger partial charge < -0.3 is 9.32 Å². The van der Waals surface area contributed by atoms with Crippen molar-refractivity contribution in [3.63, 3.8) is 0 Å². The Labute approximate surface area is 97.7 Å². The standard InChI is InChI=1S/C13H20N2O/c1-13(2,11-14)6-4-7-15(3)9-12-5-8-16-10-12/h5,8,10H,4,6-7,9H2,1-3H3. The van der Waals surface area contributed by atoms with Gasteiger partial charge in [-0.2, -0.15) is 5.26 Å². The van der Waals surface area contributed by atoms with Crippen LogP contribution in [0.1, 0.15) is 32.3 Å². The van der Waals surface area contributed by atoms with Gasteiger partial charge in [-0.15, -0.1) is 0 Å². The molecule has 0 unspecified atom stereocenters. The van der Waals surface area contributed by atoms with Crippen LogP contribution < -0.4 is 0 Å². The number of furan rings is 1. The average Bonchev–Trinajstić information content (AvgIpc) is 2.70. The maximum absolute atomic E-state index is 8.89. The van der Waals surface area contributed by atoms with Gasteiger partial charge in [-0.25, -0.2) is 0 Å². The maximum Gasteiger partial charge on any atom is 0.0947 e. The van der Waals surface area contributed by atoms with E-state index < -0.39 is 0 Å². The number of nitriles is 1. The Morgan fingerprint density at radius 3 is 2.81 bits per heavy atom. The van der Waals surface area contributed by atoms with Crippen LogP contribution >= 0.6 is 0 Å². The SMILES string of the molecule is CN(CCCC(C)(C)C#N)Cc1ccoc1. The highest BCUT2D eigenvalue weighted by atomic mass is 16.3. The van der Waals surface area contributed by atoms with Crippen LogP contribution in [0.5, 0.6) is 0 Å². The Hall–Kier alpha value is -1.27. The molecule has 3 heteroatoms. The van der Waals surface area contributed by atoms with Crippen LogP contribution in [-0.4, -0.2) is 18.5 Å². The van der Waals surface area contributed by atoms with E-state index in [2.05, 4.69) is 18.0 Å². The third-order valence-corrected chi connectivity index (χ3v) is 2.68. The first kappa shape index (κ1) is 12.8. The van der Waals surface area contributed by atoms with Gasteiger partial charge in [-0.3, -0.25) is 0 Å². The number of rotatable bonds is 6. The summed E-state index contributed by atoms with van der Waals surface area (Å²) in [5, 5.41) is 8.89. The van der Waals surface area contributed by atoms with Gasteiger partial charge >= 0.3 is 0 Å². The van der Waals surface area contributed by atoms with Crippen molar-refractivity contribution in [2.24, 2.45) is 5.41 Å². The second kappa shape index (κ2) is 5.72. The summed E-state index contributed by atoms with van der Waals surface area (Å²) in [5.41, 5.74) is 0.998. The lowest BCUT2D eigenvalue weighted by Gasteiger charge is -2.19. The van der Waals surface area contributed by atoms with Gasteiger partial charge in [0.2, 0.25) is 0 Å². The van der Waals surface area contributed by atoms with E-state index in [-0.39, 0.29) is 5.41 Å². The van der Waals surface area contributed by atoms with Crippen LogP contribution in [0.4, 0.5) is 0 Å². The summed E-state index contributed by atoms with van der Waals surface area (Å²) in [6, 6.07) is 4.31. The van der Waals surface area contributed by atoms with Crippen molar-refractivity contribution in [2.45, 2.75) is 33.2 Å². The zero-order valence-electron chi connectivity index (χ0n) is 10.4. The molecule has 0 radical (unpaired) electrons. The first-order valence-corrected chi connectivity index (χ1v) is 5.64. The van der Waals surface area contributed by atoms with E-state index in [1.165, 1.54) is 5.56 Å². The summed E-state index contributed by atoms with van der Waals surface area (Å²) >= 11 is 0. The monoisotopic (exact) mass is 220 g/mol. The fourth-order valence-corrected chi connectivity index (χ4v) is 1.62. The van der Waals surface area contributed by atoms with E-state index in [0.29, 0.717) is 0 Å². The second-order valence-electron chi connectivity index (χ2n) is 4.97. The van der Waals surface area contributed by atoms with Gasteiger partial charge in [0, 0.05) is 12.1 Å². The average molecular weight is 220 g/mol. The van der Waals surface area contributed by atoms with E-state index in [1.54, 1.807) is 12.5 Å². The lowest BCUT2D eigenvalue weighted by Crippen LogP contribution is -2.20. The van der Waals surface area contributed by atoms with Crippen molar-refractivity contribution in [3.05, 3.63) is 24.2 Å². The minimum Gasteiger partial charge on any atom is -0.472 e. The summed E-state index contributed by atoms with van der Waals surface area (Å²) in [6.45, 7) is 5.89. The highest BCUT2D eigenvalue weighted by molar-refractivity contribution is 5.04. The molecule has 0 saturated carbocycles. The molecule has 0 aliphatic heterocycles. The van der Waals surface area contributed by atoms with Crippen LogP contribution in [0.2, 0.25) is 0 Å². The van der Waals surface area contributed by atoms with Crippen molar-refractivity contribution in [1.29, 1.82) is 5.26 Å². The van der Waals surface area contributed by atoms with Gasteiger partial charge in [-0.1, -0.05) is 0 Å². The van der Waals surface area contributed by atoms with Gasteiger partial charge in [-0.05, 0) is 46.3 Å². The number of hydrogen-bond acceptors (Lipinski definition) is 3. The molecule has 0 spiro atoms. The van der Waals surface area contributed by atoms with E-state index in [0.717, 1.165) is 25.9 Å². The molecule has 0 aliphatic rings. The maximum atomic E-state index is 8.89. The molecule has 1 rings (SSSR count). The molecule has 0 fully saturated rings. The molecule has 1 heterocycles. The van der Waals surface area contributed by atoms with Crippen LogP contribution in [-0.2, 0) is 6.54 Å². The van der Waals surface area contributed by atoms with Crippen molar-refractivity contribution in [2.75, 3.05) is 13.6 Å². The number of nitrogens with zero attached hydrogens (tertiary/aromatic N) is 2. The molecule has 0 bridgehead atoms. The normalized spacial score (nSPS) is 11.7. The van der Waals surface area contributed by atoms with Crippen molar-refractivity contribution in [1.82, 2.24) is 4.90 Å². The highest BCUT2D eigenvalue weighted by Gasteiger charge is 2.15. The third-order valence-electron chi connectivity index (χ3n) is 2.68. The van der Waals surface area contributed by atoms with Crippen molar-refractivity contribution < 1.29 is 4.42 Å². The Bertz CT molecular complexity index is 335. The highest BCUT2D eigenvalue weighted by Crippen LogP contribution is 2.20. The summed E-state index contributed by atoms with van der Waals surface area (Å²) in [4.78, 5) is 2.25. The van der Waals surface area contributed by atoms with Crippen LogP contribution in [0, 0.1) is 16.7 Å². The van der Waals surface area contributed by atoms with Gasteiger partial charge in [0.05, 0.1) is 24.0 Å². The van der Waals surface area contributed by atoms with Crippen molar-refractivity contribution >= 4 is 0 Å². The minimum absolute atomic E-state index is 0.198. The predicted octanol–water partition coefficient (Wildman–Crippen LogP) is 3.04. The summed E-state index contributed by atoms with van der Waals surface area (Å²) in [5.74, 6) is 0. The fourth-order valence-electron chi connectivity index (χ4n) is 1.62. The summed E-state index contributed by atoms with van der Waals surface area (Å²) in [6.07, 6.45) is 5.46. The summed E-state index contributed by atoms with van der Waals surface area (Å²) < 4.78 is 5.02. The summed E-state index contributed by atoms with van der Waals surface area (Å²) in [7, 11) is 2.09. The largest absolute Gasteiger partial charge is 0.472 e. The molecule has 1 aromatic heterocycles. The molecule has 0 atom stereocenters. The Morgan fingerprint density at radius 2 is 2.25 bits per heavy atom. The van der Waals surface area contributed by atoms with Crippen LogP contribution in [0.15, 0.2) is 23.0 Å². The molecule has 1 aromatic rings. The van der Waals surface area contributed by atoms with E-state index in [1.807, 2.05) is 19.9 Å². The second-order valence-corrected chi connectivity index (χ2v) is 4.97. The van der Waals surface area contributed by atoms with Gasteiger partial charge in [0.1, 0.15) is 0 Å². The molecular formula is C13H20N2O. The van der Waals surface area contributed by atoms with Crippen LogP contribution in [0.3, 0.4) is 0 Å². The topological polar surface area (TPSA) is 40.2 Å². The van der Waals surface area contributed by atoms with Gasteiger partial charge in [0.25, 0.3) is 0 Å². The quantitative estimate of drug-likeness (QED) is 0.739. The van der Waals surface area contributed by atoms with Crippen molar-refractivity contribution in [3.8, 4) is 6.07 Å². The molecule has 0 aliphatic carbocycles. The molecule has 16 heavy (non-hydrogen) atoms. The first-order valence-electron chi connectivity index (χ1n) is 5.64. The van der Waals surface area contributed by atoms with E-state index in [4.69, 9.17) is 9.68 Å². The minimum atomic E-state index is -0.198. The Kier molecular flexibility index (Phi) is 4.57. The Balaban J connectivity index is 2.21. The molecule has 0 N–H and O–H groups in total. The zero-order valence-corrected chi connectivity index (χ0v) is 10.4. The number of hydrogen-bond donors (Lipinski definition) is 0. The first-order chi connectivity index (χ1) is 7.53. The van der Waals surface area contributed by atoms with E-state index >= 15 is 0 Å². The van der Waals surface area contributed by atoms with Crippen LogP contribution in [0.25, 0.3) is 0 Å². The molecule has 0 saturated heterocycles. The third kappa shape index (κ3) is 4.50. The predicted molar refractivity (Wildman–Crippen MR) is 63.7 cm³/mol. The Morgan fingerprint density at radius 1 is 1.50 bits per heavy atom. The van der Waals surface area contributed by atoms with Gasteiger partial charge in [0.15, 0.2) is 0 Å². The zero-order chi connectivity index (χ0) is 12.0.